The molecule has 0 heterocycles. The van der Waals surface area contributed by atoms with Gasteiger partial charge in [0.2, 0.25) is 5.82 Å². The summed E-state index contributed by atoms with van der Waals surface area (Å²) in [6.07, 6.45) is 28.2. The zero-order valence-electron chi connectivity index (χ0n) is 24.0. The molecule has 3 heteroatoms. The molecular weight excluding hydrogens is 474 g/mol. The number of allylic oxidation sites excluding steroid dienone is 2. The van der Waals surface area contributed by atoms with Gasteiger partial charge in [0.15, 0.2) is 11.6 Å². The van der Waals surface area contributed by atoms with Crippen molar-refractivity contribution in [1.29, 1.82) is 0 Å². The molecule has 0 atom stereocenters. The van der Waals surface area contributed by atoms with E-state index in [9.17, 15) is 8.78 Å². The van der Waals surface area contributed by atoms with Gasteiger partial charge in [0.25, 0.3) is 0 Å². The van der Waals surface area contributed by atoms with E-state index in [0.717, 1.165) is 55.3 Å². The predicted molar refractivity (Wildman–Crippen MR) is 156 cm³/mol. The maximum atomic E-state index is 14.8. The summed E-state index contributed by atoms with van der Waals surface area (Å²) in [5.74, 6) is 2.95. The highest BCUT2D eigenvalue weighted by atomic mass is 19.2. The van der Waals surface area contributed by atoms with E-state index in [4.69, 9.17) is 4.74 Å². The first kappa shape index (κ1) is 29.3. The molecule has 212 valence electrons. The summed E-state index contributed by atoms with van der Waals surface area (Å²) in [6, 6.07) is 3.36. The van der Waals surface area contributed by atoms with E-state index in [1.165, 1.54) is 77.0 Å². The summed E-state index contributed by atoms with van der Waals surface area (Å²) in [5, 5.41) is 0. The largest absolute Gasteiger partial charge is 0.490 e. The summed E-state index contributed by atoms with van der Waals surface area (Å²) in [6.45, 7) is 6.28. The molecule has 3 aliphatic carbocycles. The van der Waals surface area contributed by atoms with Crippen LogP contribution in [0.25, 0.3) is 0 Å². The lowest BCUT2D eigenvalue weighted by Gasteiger charge is -2.38. The third-order valence-corrected chi connectivity index (χ3v) is 10.2. The Labute approximate surface area is 231 Å². The lowest BCUT2D eigenvalue weighted by Crippen LogP contribution is -2.25. The molecule has 1 aromatic rings. The third-order valence-electron chi connectivity index (χ3n) is 10.2. The number of hydrogen-bond donors (Lipinski definition) is 0. The normalized spacial score (nSPS) is 30.4. The van der Waals surface area contributed by atoms with Crippen LogP contribution in [0.5, 0.6) is 5.75 Å². The van der Waals surface area contributed by atoms with Crippen molar-refractivity contribution in [2.24, 2.45) is 29.6 Å². The molecule has 0 saturated heterocycles. The Morgan fingerprint density at radius 1 is 0.789 bits per heavy atom. The molecule has 0 radical (unpaired) electrons. The summed E-state index contributed by atoms with van der Waals surface area (Å²) in [5.41, 5.74) is 0.544. The SMILES string of the molecule is C=CCCOc1ccc(C2CCC(C3CCC(CC/C=C/C4CCC(CCC)CC4)CC3)CC2)c(F)c1F. The van der Waals surface area contributed by atoms with Crippen LogP contribution in [0, 0.1) is 41.2 Å². The van der Waals surface area contributed by atoms with Crippen LogP contribution < -0.4 is 4.74 Å². The molecule has 1 aromatic carbocycles. The fraction of sp³-hybridized carbons (Fsp3) is 0.714. The zero-order chi connectivity index (χ0) is 26.7. The first-order valence-corrected chi connectivity index (χ1v) is 16.0. The van der Waals surface area contributed by atoms with Gasteiger partial charge >= 0.3 is 0 Å². The van der Waals surface area contributed by atoms with E-state index < -0.39 is 11.6 Å². The van der Waals surface area contributed by atoms with Crippen LogP contribution in [0.2, 0.25) is 0 Å². The van der Waals surface area contributed by atoms with Gasteiger partial charge in [0.1, 0.15) is 0 Å². The average molecular weight is 527 g/mol. The second-order valence-corrected chi connectivity index (χ2v) is 12.7. The minimum atomic E-state index is -0.832. The van der Waals surface area contributed by atoms with Crippen LogP contribution in [0.15, 0.2) is 36.9 Å². The van der Waals surface area contributed by atoms with Crippen molar-refractivity contribution >= 4 is 0 Å². The molecule has 1 nitrogen and oxygen atoms in total. The van der Waals surface area contributed by atoms with Crippen LogP contribution in [-0.4, -0.2) is 6.61 Å². The van der Waals surface area contributed by atoms with Crippen LogP contribution in [0.3, 0.4) is 0 Å². The van der Waals surface area contributed by atoms with Gasteiger partial charge in [-0.15, -0.1) is 6.58 Å². The molecule has 3 saturated carbocycles. The molecule has 0 N–H and O–H groups in total. The average Bonchev–Trinajstić information content (AvgIpc) is 2.95. The first-order valence-electron chi connectivity index (χ1n) is 16.0. The van der Waals surface area contributed by atoms with Crippen LogP contribution in [0.4, 0.5) is 8.78 Å². The molecule has 0 unspecified atom stereocenters. The number of benzene rings is 1. The number of halogens is 2. The van der Waals surface area contributed by atoms with Crippen molar-refractivity contribution in [3.05, 3.63) is 54.1 Å². The Balaban J connectivity index is 1.14. The lowest BCUT2D eigenvalue weighted by atomic mass is 9.68. The summed E-state index contributed by atoms with van der Waals surface area (Å²) in [7, 11) is 0. The molecule has 3 fully saturated rings. The molecular formula is C35H52F2O. The summed E-state index contributed by atoms with van der Waals surface area (Å²) < 4.78 is 34.8. The maximum absolute atomic E-state index is 14.8. The Hall–Kier alpha value is -1.64. The molecule has 0 spiro atoms. The molecule has 3 aliphatic rings. The Morgan fingerprint density at radius 2 is 1.42 bits per heavy atom. The fourth-order valence-corrected chi connectivity index (χ4v) is 7.77. The Kier molecular flexibility index (Phi) is 11.8. The van der Waals surface area contributed by atoms with E-state index >= 15 is 0 Å². The highest BCUT2D eigenvalue weighted by Gasteiger charge is 2.32. The number of hydrogen-bond acceptors (Lipinski definition) is 1. The zero-order valence-corrected chi connectivity index (χ0v) is 24.0. The van der Waals surface area contributed by atoms with Gasteiger partial charge < -0.3 is 4.74 Å². The minimum Gasteiger partial charge on any atom is -0.490 e. The van der Waals surface area contributed by atoms with Gasteiger partial charge in [-0.2, -0.15) is 4.39 Å². The minimum absolute atomic E-state index is 0.0172. The molecule has 0 amide bonds. The highest BCUT2D eigenvalue weighted by molar-refractivity contribution is 5.33. The van der Waals surface area contributed by atoms with Crippen LogP contribution in [-0.2, 0) is 0 Å². The Bertz CT molecular complexity index is 868. The number of ether oxygens (including phenoxy) is 1. The molecule has 0 bridgehead atoms. The second-order valence-electron chi connectivity index (χ2n) is 12.7. The smallest absolute Gasteiger partial charge is 0.200 e. The van der Waals surface area contributed by atoms with Gasteiger partial charge in [0, 0.05) is 0 Å². The van der Waals surface area contributed by atoms with Crippen LogP contribution in [0.1, 0.15) is 128 Å². The van der Waals surface area contributed by atoms with Gasteiger partial charge in [-0.05, 0) is 131 Å². The summed E-state index contributed by atoms with van der Waals surface area (Å²) >= 11 is 0. The van der Waals surface area contributed by atoms with Crippen molar-refractivity contribution in [3.8, 4) is 5.75 Å². The highest BCUT2D eigenvalue weighted by Crippen LogP contribution is 2.45. The molecule has 0 aliphatic heterocycles. The topological polar surface area (TPSA) is 9.23 Å². The van der Waals surface area contributed by atoms with Gasteiger partial charge in [-0.3, -0.25) is 0 Å². The number of rotatable bonds is 12. The molecule has 0 aromatic heterocycles. The van der Waals surface area contributed by atoms with Crippen molar-refractivity contribution in [3.63, 3.8) is 0 Å². The Morgan fingerprint density at radius 3 is 2.08 bits per heavy atom. The van der Waals surface area contributed by atoms with E-state index in [1.807, 2.05) is 0 Å². The van der Waals surface area contributed by atoms with Crippen molar-refractivity contribution in [1.82, 2.24) is 0 Å². The maximum Gasteiger partial charge on any atom is 0.200 e. The lowest BCUT2D eigenvalue weighted by molar-refractivity contribution is 0.156. The van der Waals surface area contributed by atoms with Crippen molar-refractivity contribution in [2.75, 3.05) is 6.61 Å². The van der Waals surface area contributed by atoms with E-state index in [1.54, 1.807) is 18.2 Å². The van der Waals surface area contributed by atoms with E-state index in [2.05, 4.69) is 25.7 Å². The fourth-order valence-electron chi connectivity index (χ4n) is 7.77. The van der Waals surface area contributed by atoms with Crippen molar-refractivity contribution in [2.45, 2.75) is 122 Å². The predicted octanol–water partition coefficient (Wildman–Crippen LogP) is 10.9. The van der Waals surface area contributed by atoms with E-state index in [0.29, 0.717) is 18.6 Å². The molecule has 4 rings (SSSR count). The quantitative estimate of drug-likeness (QED) is 0.194. The van der Waals surface area contributed by atoms with Gasteiger partial charge in [-0.1, -0.05) is 56.9 Å². The van der Waals surface area contributed by atoms with Crippen LogP contribution >= 0.6 is 0 Å². The summed E-state index contributed by atoms with van der Waals surface area (Å²) in [4.78, 5) is 0. The van der Waals surface area contributed by atoms with Gasteiger partial charge in [-0.25, -0.2) is 4.39 Å². The first-order chi connectivity index (χ1) is 18.6. The second kappa shape index (κ2) is 15.2. The standard InChI is InChI=1S/C35H52F2O/c1-3-5-25-38-33-24-23-32(34(36)35(33)37)31-21-19-30(20-22-31)29-17-15-28(16-18-29)10-7-6-9-27-13-11-26(8-4-2)12-14-27/h3,6,9,23-24,26-31H,1,4-5,7-8,10-22,25H2,2H3/b9-6+. The monoisotopic (exact) mass is 526 g/mol. The van der Waals surface area contributed by atoms with E-state index in [-0.39, 0.29) is 11.7 Å². The van der Waals surface area contributed by atoms with Gasteiger partial charge in [0.05, 0.1) is 6.61 Å². The molecule has 38 heavy (non-hydrogen) atoms. The third kappa shape index (κ3) is 8.18. The van der Waals surface area contributed by atoms with Crippen molar-refractivity contribution < 1.29 is 13.5 Å².